The molecule has 16 heavy (non-hydrogen) atoms. The smallest absolute Gasteiger partial charge is 0.159 e. The van der Waals surface area contributed by atoms with Gasteiger partial charge in [0.15, 0.2) is 5.17 Å². The molecule has 0 radical (unpaired) electrons. The number of aliphatic imine (C=N–C) groups is 1. The van der Waals surface area contributed by atoms with Crippen molar-refractivity contribution in [2.24, 2.45) is 4.99 Å². The van der Waals surface area contributed by atoms with Gasteiger partial charge in [0.25, 0.3) is 0 Å². The number of amidine groups is 1. The van der Waals surface area contributed by atoms with E-state index in [0.717, 1.165) is 11.9 Å². The summed E-state index contributed by atoms with van der Waals surface area (Å²) in [5.41, 5.74) is 0. The molecule has 0 saturated heterocycles. The summed E-state index contributed by atoms with van der Waals surface area (Å²) in [5.74, 6) is 0. The molecule has 0 spiro atoms. The summed E-state index contributed by atoms with van der Waals surface area (Å²) in [5, 5.41) is 4.93. The lowest BCUT2D eigenvalue weighted by molar-refractivity contribution is 0.415. The summed E-state index contributed by atoms with van der Waals surface area (Å²) in [4.78, 5) is 8.27. The predicted molar refractivity (Wildman–Crippen MR) is 78.0 cm³/mol. The average molecular weight is 319 g/mol. The van der Waals surface area contributed by atoms with Gasteiger partial charge in [-0.1, -0.05) is 33.8 Å². The Morgan fingerprint density at radius 1 is 1.69 bits per heavy atom. The maximum absolute atomic E-state index is 4.60. The van der Waals surface area contributed by atoms with E-state index in [0.29, 0.717) is 11.3 Å². The fourth-order valence-electron chi connectivity index (χ4n) is 1.56. The van der Waals surface area contributed by atoms with E-state index in [4.69, 9.17) is 0 Å². The lowest BCUT2D eigenvalue weighted by atomic mass is 10.2. The SMILES string of the molecule is CC(c1cccs1)N(C)C1=NCC(CBr)S1. The average Bonchev–Trinajstić information content (AvgIpc) is 2.97. The predicted octanol–water partition coefficient (Wildman–Crippen LogP) is 3.61. The molecule has 2 atom stereocenters. The van der Waals surface area contributed by atoms with Crippen LogP contribution in [0, 0.1) is 0 Å². The highest BCUT2D eigenvalue weighted by molar-refractivity contribution is 9.09. The van der Waals surface area contributed by atoms with Crippen molar-refractivity contribution in [3.8, 4) is 0 Å². The van der Waals surface area contributed by atoms with Crippen molar-refractivity contribution in [1.29, 1.82) is 0 Å². The third-order valence-electron chi connectivity index (χ3n) is 2.71. The zero-order chi connectivity index (χ0) is 11.5. The second-order valence-electron chi connectivity index (χ2n) is 3.82. The maximum Gasteiger partial charge on any atom is 0.159 e. The standard InChI is InChI=1S/C11H15BrN2S2/c1-8(10-4-3-5-15-10)14(2)11-13-7-9(6-12)16-11/h3-5,8-9H,6-7H2,1-2H3. The number of hydrogen-bond acceptors (Lipinski definition) is 4. The van der Waals surface area contributed by atoms with Gasteiger partial charge < -0.3 is 4.90 Å². The van der Waals surface area contributed by atoms with Crippen molar-refractivity contribution < 1.29 is 0 Å². The lowest BCUT2D eigenvalue weighted by Crippen LogP contribution is -2.26. The van der Waals surface area contributed by atoms with Gasteiger partial charge in [0, 0.05) is 22.5 Å². The van der Waals surface area contributed by atoms with Gasteiger partial charge in [-0.05, 0) is 18.4 Å². The quantitative estimate of drug-likeness (QED) is 0.791. The first-order valence-electron chi connectivity index (χ1n) is 5.25. The van der Waals surface area contributed by atoms with E-state index in [1.807, 2.05) is 23.1 Å². The largest absolute Gasteiger partial charge is 0.347 e. The molecule has 0 aromatic carbocycles. The van der Waals surface area contributed by atoms with Crippen molar-refractivity contribution in [2.75, 3.05) is 18.9 Å². The number of thioether (sulfide) groups is 1. The molecule has 88 valence electrons. The molecule has 2 rings (SSSR count). The van der Waals surface area contributed by atoms with Gasteiger partial charge in [0.1, 0.15) is 0 Å². The molecule has 2 nitrogen and oxygen atoms in total. The van der Waals surface area contributed by atoms with E-state index in [2.05, 4.69) is 57.3 Å². The number of nitrogens with zero attached hydrogens (tertiary/aromatic N) is 2. The van der Waals surface area contributed by atoms with E-state index in [-0.39, 0.29) is 0 Å². The number of alkyl halides is 1. The van der Waals surface area contributed by atoms with Crippen LogP contribution >= 0.6 is 39.0 Å². The summed E-state index contributed by atoms with van der Waals surface area (Å²) < 4.78 is 0. The zero-order valence-electron chi connectivity index (χ0n) is 9.39. The minimum absolute atomic E-state index is 0.417. The van der Waals surface area contributed by atoms with Crippen LogP contribution in [-0.4, -0.2) is 34.2 Å². The van der Waals surface area contributed by atoms with Crippen LogP contribution in [0.2, 0.25) is 0 Å². The van der Waals surface area contributed by atoms with Crippen molar-refractivity contribution in [1.82, 2.24) is 4.90 Å². The lowest BCUT2D eigenvalue weighted by Gasteiger charge is -2.25. The van der Waals surface area contributed by atoms with Crippen LogP contribution in [0.25, 0.3) is 0 Å². The van der Waals surface area contributed by atoms with E-state index in [1.54, 1.807) is 0 Å². The summed E-state index contributed by atoms with van der Waals surface area (Å²) >= 11 is 7.21. The van der Waals surface area contributed by atoms with Gasteiger partial charge in [0.05, 0.1) is 12.6 Å². The molecule has 1 aliphatic rings. The van der Waals surface area contributed by atoms with Gasteiger partial charge >= 0.3 is 0 Å². The van der Waals surface area contributed by atoms with E-state index >= 15 is 0 Å². The minimum atomic E-state index is 0.417. The van der Waals surface area contributed by atoms with Gasteiger partial charge in [-0.15, -0.1) is 11.3 Å². The monoisotopic (exact) mass is 318 g/mol. The number of hydrogen-bond donors (Lipinski definition) is 0. The number of halogens is 1. The normalized spacial score (nSPS) is 21.9. The van der Waals surface area contributed by atoms with Crippen molar-refractivity contribution in [3.05, 3.63) is 22.4 Å². The van der Waals surface area contributed by atoms with E-state index in [1.165, 1.54) is 10.0 Å². The molecule has 0 bridgehead atoms. The Labute approximate surface area is 113 Å². The molecule has 0 N–H and O–H groups in total. The molecule has 0 fully saturated rings. The summed E-state index contributed by atoms with van der Waals surface area (Å²) in [6, 6.07) is 4.71. The summed E-state index contributed by atoms with van der Waals surface area (Å²) in [7, 11) is 2.13. The number of rotatable bonds is 3. The Bertz CT molecular complexity index is 364. The third-order valence-corrected chi connectivity index (χ3v) is 6.24. The molecule has 1 aromatic rings. The third kappa shape index (κ3) is 2.63. The highest BCUT2D eigenvalue weighted by atomic mass is 79.9. The van der Waals surface area contributed by atoms with Crippen LogP contribution in [0.1, 0.15) is 17.8 Å². The Hall–Kier alpha value is -0.000000000000000111. The van der Waals surface area contributed by atoms with Crippen LogP contribution in [0.5, 0.6) is 0 Å². The Morgan fingerprint density at radius 2 is 2.50 bits per heavy atom. The Kier molecular flexibility index (Phi) is 4.33. The molecule has 2 unspecified atom stereocenters. The van der Waals surface area contributed by atoms with Crippen LogP contribution < -0.4 is 0 Å². The van der Waals surface area contributed by atoms with Crippen LogP contribution in [0.15, 0.2) is 22.5 Å². The molecule has 2 heterocycles. The second-order valence-corrected chi connectivity index (χ2v) is 6.71. The van der Waals surface area contributed by atoms with Crippen molar-refractivity contribution in [3.63, 3.8) is 0 Å². The fourth-order valence-corrected chi connectivity index (χ4v) is 3.98. The van der Waals surface area contributed by atoms with Gasteiger partial charge in [-0.25, -0.2) is 0 Å². The fraction of sp³-hybridized carbons (Fsp3) is 0.545. The molecule has 1 aromatic heterocycles. The second kappa shape index (κ2) is 5.56. The molecular formula is C11H15BrN2S2. The molecule has 1 aliphatic heterocycles. The first-order valence-corrected chi connectivity index (χ1v) is 8.13. The Morgan fingerprint density at radius 3 is 3.06 bits per heavy atom. The van der Waals surface area contributed by atoms with Crippen LogP contribution in [0.3, 0.4) is 0 Å². The van der Waals surface area contributed by atoms with E-state index in [9.17, 15) is 0 Å². The van der Waals surface area contributed by atoms with E-state index < -0.39 is 0 Å². The summed E-state index contributed by atoms with van der Waals surface area (Å²) in [6.07, 6.45) is 0. The molecular weight excluding hydrogens is 304 g/mol. The summed E-state index contributed by atoms with van der Waals surface area (Å²) in [6.45, 7) is 3.17. The molecule has 0 saturated carbocycles. The van der Waals surface area contributed by atoms with Gasteiger partial charge in [-0.3, -0.25) is 4.99 Å². The minimum Gasteiger partial charge on any atom is -0.347 e. The van der Waals surface area contributed by atoms with Crippen LogP contribution in [-0.2, 0) is 0 Å². The zero-order valence-corrected chi connectivity index (χ0v) is 12.6. The molecule has 0 aliphatic carbocycles. The molecule has 0 amide bonds. The highest BCUT2D eigenvalue weighted by Crippen LogP contribution is 2.30. The van der Waals surface area contributed by atoms with Crippen molar-refractivity contribution in [2.45, 2.75) is 18.2 Å². The Balaban J connectivity index is 2.00. The topological polar surface area (TPSA) is 15.6 Å². The van der Waals surface area contributed by atoms with Crippen molar-refractivity contribution >= 4 is 44.2 Å². The first-order chi connectivity index (χ1) is 7.72. The van der Waals surface area contributed by atoms with Gasteiger partial charge in [-0.2, -0.15) is 0 Å². The number of thiophene rings is 1. The molecule has 5 heteroatoms. The highest BCUT2D eigenvalue weighted by Gasteiger charge is 2.24. The maximum atomic E-state index is 4.60. The first kappa shape index (κ1) is 12.5. The van der Waals surface area contributed by atoms with Gasteiger partial charge in [0.2, 0.25) is 0 Å². The van der Waals surface area contributed by atoms with Crippen LogP contribution in [0.4, 0.5) is 0 Å².